The van der Waals surface area contributed by atoms with E-state index in [4.69, 9.17) is 16.4 Å². The van der Waals surface area contributed by atoms with Crippen LogP contribution in [0, 0.1) is 12.9 Å². The average Bonchev–Trinajstić information content (AvgIpc) is 3.67. The Hall–Kier alpha value is -3.33. The normalized spacial score (nSPS) is 12.6. The van der Waals surface area contributed by atoms with Crippen LogP contribution in [0.25, 0.3) is 11.3 Å². The molecule has 8 nitrogen and oxygen atoms in total. The summed E-state index contributed by atoms with van der Waals surface area (Å²) in [5.74, 6) is -1.33. The molecule has 3 amide bonds. The number of likely N-dealkylation sites (N-methyl/N-ethyl adjacent to an activating group) is 1. The summed E-state index contributed by atoms with van der Waals surface area (Å²) in [5.41, 5.74) is 1.86. The van der Waals surface area contributed by atoms with Gasteiger partial charge in [-0.25, -0.2) is 9.97 Å². The van der Waals surface area contributed by atoms with Crippen molar-refractivity contribution in [3.8, 4) is 11.3 Å². The molecule has 2 aromatic heterocycles. The number of rotatable bonds is 7. The SMILES string of the molecule is C=CC(=O)N(C1CC1)C(C(=O)NC)c1cc(Cl)nc(-c2cc(C)nc(F)c2)c1.CC.CNC=O. The van der Waals surface area contributed by atoms with Gasteiger partial charge in [0.25, 0.3) is 0 Å². The molecule has 2 aromatic rings. The standard InChI is InChI=1S/C20H20ClFN4O2.C2H5NO.C2H6/c1-4-18(27)26(14-5-6-14)19(20(28)23-3)13-8-15(25-16(21)9-13)12-7-11(2)24-17(22)10-12;1-3-2-4;1-2/h4,7-10,14,19H,1,5-6H2,2-3H3,(H,23,28);2H,1H3,(H,3,4);1-2H3. The highest BCUT2D eigenvalue weighted by Gasteiger charge is 2.40. The van der Waals surface area contributed by atoms with Gasteiger partial charge in [-0.3, -0.25) is 14.4 Å². The van der Waals surface area contributed by atoms with E-state index in [1.807, 2.05) is 13.8 Å². The lowest BCUT2D eigenvalue weighted by molar-refractivity contribution is -0.137. The molecule has 0 radical (unpaired) electrons. The zero-order valence-electron chi connectivity index (χ0n) is 20.1. The lowest BCUT2D eigenvalue weighted by Gasteiger charge is -2.30. The lowest BCUT2D eigenvalue weighted by atomic mass is 10.0. The third-order valence-electron chi connectivity index (χ3n) is 4.61. The third-order valence-corrected chi connectivity index (χ3v) is 4.80. The molecule has 1 unspecified atom stereocenters. The summed E-state index contributed by atoms with van der Waals surface area (Å²) in [4.78, 5) is 43.7. The number of nitrogens with zero attached hydrogens (tertiary/aromatic N) is 3. The molecule has 0 aromatic carbocycles. The molecule has 10 heteroatoms. The molecule has 34 heavy (non-hydrogen) atoms. The van der Waals surface area contributed by atoms with Crippen molar-refractivity contribution in [2.45, 2.75) is 45.7 Å². The first-order valence-corrected chi connectivity index (χ1v) is 11.2. The van der Waals surface area contributed by atoms with Crippen LogP contribution in [0.5, 0.6) is 0 Å². The Morgan fingerprint density at radius 2 is 1.82 bits per heavy atom. The van der Waals surface area contributed by atoms with E-state index in [1.165, 1.54) is 24.1 Å². The highest BCUT2D eigenvalue weighted by atomic mass is 35.5. The van der Waals surface area contributed by atoms with Gasteiger partial charge in [-0.2, -0.15) is 4.39 Å². The van der Waals surface area contributed by atoms with Crippen molar-refractivity contribution in [2.75, 3.05) is 14.1 Å². The second-order valence-corrected chi connectivity index (χ2v) is 7.42. The van der Waals surface area contributed by atoms with Crippen LogP contribution in [0.4, 0.5) is 4.39 Å². The zero-order chi connectivity index (χ0) is 25.8. The number of aryl methyl sites for hydroxylation is 1. The van der Waals surface area contributed by atoms with Crippen LogP contribution in [-0.2, 0) is 14.4 Å². The van der Waals surface area contributed by atoms with E-state index >= 15 is 0 Å². The van der Waals surface area contributed by atoms with Crippen molar-refractivity contribution >= 4 is 29.8 Å². The van der Waals surface area contributed by atoms with Crippen molar-refractivity contribution in [1.29, 1.82) is 0 Å². The van der Waals surface area contributed by atoms with Crippen LogP contribution in [-0.4, -0.2) is 53.2 Å². The first-order chi connectivity index (χ1) is 16.2. The molecule has 1 fully saturated rings. The van der Waals surface area contributed by atoms with Gasteiger partial charge in [0.1, 0.15) is 11.2 Å². The molecule has 0 saturated heterocycles. The summed E-state index contributed by atoms with van der Waals surface area (Å²) in [6, 6.07) is 5.18. The summed E-state index contributed by atoms with van der Waals surface area (Å²) < 4.78 is 13.8. The predicted octanol–water partition coefficient (Wildman–Crippen LogP) is 3.60. The monoisotopic (exact) mass is 491 g/mol. The Morgan fingerprint density at radius 1 is 1.21 bits per heavy atom. The van der Waals surface area contributed by atoms with Crippen LogP contribution in [0.3, 0.4) is 0 Å². The van der Waals surface area contributed by atoms with Crippen molar-refractivity contribution in [3.63, 3.8) is 0 Å². The summed E-state index contributed by atoms with van der Waals surface area (Å²) in [6.45, 7) is 9.21. The first kappa shape index (κ1) is 28.7. The minimum absolute atomic E-state index is 0.0381. The number of amides is 3. The van der Waals surface area contributed by atoms with Crippen molar-refractivity contribution in [1.82, 2.24) is 25.5 Å². The van der Waals surface area contributed by atoms with Gasteiger partial charge in [-0.1, -0.05) is 32.0 Å². The molecule has 0 bridgehead atoms. The molecule has 2 heterocycles. The number of aromatic nitrogens is 2. The quantitative estimate of drug-likeness (QED) is 0.350. The fourth-order valence-corrected chi connectivity index (χ4v) is 3.37. The highest BCUT2D eigenvalue weighted by Crippen LogP contribution is 2.36. The Bertz CT molecular complexity index is 994. The maximum Gasteiger partial charge on any atom is 0.247 e. The van der Waals surface area contributed by atoms with E-state index < -0.39 is 12.0 Å². The Kier molecular flexibility index (Phi) is 11.9. The van der Waals surface area contributed by atoms with E-state index in [1.54, 1.807) is 32.2 Å². The number of halogens is 2. The molecule has 3 rings (SSSR count). The summed E-state index contributed by atoms with van der Waals surface area (Å²) >= 11 is 6.21. The second kappa shape index (κ2) is 14.0. The third kappa shape index (κ3) is 7.91. The van der Waals surface area contributed by atoms with Crippen molar-refractivity contribution in [3.05, 3.63) is 59.3 Å². The Morgan fingerprint density at radius 3 is 2.29 bits per heavy atom. The topological polar surface area (TPSA) is 104 Å². The van der Waals surface area contributed by atoms with E-state index in [-0.39, 0.29) is 23.0 Å². The van der Waals surface area contributed by atoms with Gasteiger partial charge in [0, 0.05) is 37.5 Å². The minimum atomic E-state index is -0.893. The van der Waals surface area contributed by atoms with Gasteiger partial charge in [0.2, 0.25) is 24.2 Å². The average molecular weight is 492 g/mol. The molecule has 2 N–H and O–H groups in total. The van der Waals surface area contributed by atoms with Gasteiger partial charge < -0.3 is 15.5 Å². The van der Waals surface area contributed by atoms with Gasteiger partial charge >= 0.3 is 0 Å². The first-order valence-electron chi connectivity index (χ1n) is 10.8. The number of hydrogen-bond acceptors (Lipinski definition) is 5. The molecular formula is C24H31ClFN5O3. The number of nitrogens with one attached hydrogen (secondary N) is 2. The number of pyridine rings is 2. The second-order valence-electron chi connectivity index (χ2n) is 7.03. The summed E-state index contributed by atoms with van der Waals surface area (Å²) in [6.07, 6.45) is 3.45. The number of carbonyl (C=O) groups excluding carboxylic acids is 3. The maximum atomic E-state index is 13.8. The number of carbonyl (C=O) groups is 3. The van der Waals surface area contributed by atoms with Gasteiger partial charge in [-0.15, -0.1) is 0 Å². The molecular weight excluding hydrogens is 461 g/mol. The molecule has 1 aliphatic carbocycles. The fourth-order valence-electron chi connectivity index (χ4n) is 3.15. The molecule has 1 aliphatic rings. The molecule has 184 valence electrons. The summed E-state index contributed by atoms with van der Waals surface area (Å²) in [7, 11) is 3.07. The highest BCUT2D eigenvalue weighted by molar-refractivity contribution is 6.29. The Labute approximate surface area is 204 Å². The van der Waals surface area contributed by atoms with Gasteiger partial charge in [0.15, 0.2) is 0 Å². The molecule has 0 aliphatic heterocycles. The van der Waals surface area contributed by atoms with E-state index in [9.17, 15) is 14.0 Å². The number of hydrogen-bond donors (Lipinski definition) is 2. The van der Waals surface area contributed by atoms with Crippen LogP contribution in [0.2, 0.25) is 5.15 Å². The maximum absolute atomic E-state index is 13.8. The minimum Gasteiger partial charge on any atom is -0.362 e. The predicted molar refractivity (Wildman–Crippen MR) is 131 cm³/mol. The largest absolute Gasteiger partial charge is 0.362 e. The smallest absolute Gasteiger partial charge is 0.247 e. The fraction of sp³-hybridized carbons (Fsp3) is 0.375. The van der Waals surface area contributed by atoms with E-state index in [0.29, 0.717) is 28.9 Å². The Balaban J connectivity index is 0.000000872. The van der Waals surface area contributed by atoms with Crippen LogP contribution in [0.1, 0.15) is 44.0 Å². The van der Waals surface area contributed by atoms with Crippen molar-refractivity contribution < 1.29 is 18.8 Å². The summed E-state index contributed by atoms with van der Waals surface area (Å²) in [5, 5.41) is 4.99. The molecule has 1 saturated carbocycles. The van der Waals surface area contributed by atoms with Gasteiger partial charge in [0.05, 0.1) is 5.69 Å². The van der Waals surface area contributed by atoms with Crippen molar-refractivity contribution in [2.24, 2.45) is 0 Å². The van der Waals surface area contributed by atoms with Crippen LogP contribution < -0.4 is 10.6 Å². The zero-order valence-corrected chi connectivity index (χ0v) is 20.8. The van der Waals surface area contributed by atoms with E-state index in [0.717, 1.165) is 12.8 Å². The van der Waals surface area contributed by atoms with Crippen LogP contribution >= 0.6 is 11.6 Å². The van der Waals surface area contributed by atoms with E-state index in [2.05, 4.69) is 27.2 Å². The lowest BCUT2D eigenvalue weighted by Crippen LogP contribution is -2.43. The van der Waals surface area contributed by atoms with Gasteiger partial charge in [-0.05, 0) is 49.6 Å². The van der Waals surface area contributed by atoms with Crippen LogP contribution in [0.15, 0.2) is 36.9 Å². The molecule has 1 atom stereocenters. The molecule has 0 spiro atoms.